The van der Waals surface area contributed by atoms with Gasteiger partial charge in [0.2, 0.25) is 0 Å². The van der Waals surface area contributed by atoms with Crippen LogP contribution in [-0.2, 0) is 6.54 Å². The summed E-state index contributed by atoms with van der Waals surface area (Å²) in [6, 6.07) is 20.2. The summed E-state index contributed by atoms with van der Waals surface area (Å²) in [4.78, 5) is 42.3. The highest BCUT2D eigenvalue weighted by Gasteiger charge is 2.21. The van der Waals surface area contributed by atoms with Crippen molar-refractivity contribution in [2.24, 2.45) is 0 Å². The van der Waals surface area contributed by atoms with Crippen LogP contribution in [0.3, 0.4) is 0 Å². The zero-order valence-electron chi connectivity index (χ0n) is 19.8. The molecule has 0 unspecified atom stereocenters. The third kappa shape index (κ3) is 4.53. The maximum atomic E-state index is 13.8. The number of aryl methyl sites for hydroxylation is 1. The van der Waals surface area contributed by atoms with Crippen LogP contribution in [0.4, 0.5) is 5.69 Å². The molecular formula is C28H25N3O5. The van der Waals surface area contributed by atoms with E-state index in [2.05, 4.69) is 4.98 Å². The monoisotopic (exact) mass is 483 g/mol. The van der Waals surface area contributed by atoms with E-state index in [9.17, 15) is 14.4 Å². The van der Waals surface area contributed by atoms with E-state index in [1.54, 1.807) is 42.2 Å². The van der Waals surface area contributed by atoms with Crippen molar-refractivity contribution >= 4 is 28.7 Å². The van der Waals surface area contributed by atoms with Gasteiger partial charge >= 0.3 is 11.1 Å². The Morgan fingerprint density at radius 1 is 1.00 bits per heavy atom. The molecule has 0 aliphatic carbocycles. The van der Waals surface area contributed by atoms with Crippen LogP contribution in [0, 0.1) is 0 Å². The molecule has 8 heteroatoms. The number of aromatic amines is 1. The highest BCUT2D eigenvalue weighted by molar-refractivity contribution is 6.08. The zero-order valence-corrected chi connectivity index (χ0v) is 19.8. The molecule has 1 aliphatic rings. The van der Waals surface area contributed by atoms with Crippen LogP contribution >= 0.6 is 0 Å². The molecule has 0 bridgehead atoms. The summed E-state index contributed by atoms with van der Waals surface area (Å²) in [6.45, 7) is 3.36. The molecule has 4 aromatic rings. The smallest absolute Gasteiger partial charge is 0.316 e. The Hall–Kier alpha value is -4.59. The van der Waals surface area contributed by atoms with Crippen LogP contribution in [0.2, 0.25) is 0 Å². The van der Waals surface area contributed by atoms with Crippen LogP contribution in [-0.4, -0.2) is 35.2 Å². The first-order chi connectivity index (χ1) is 17.5. The molecule has 1 aliphatic heterocycles. The van der Waals surface area contributed by atoms with E-state index in [1.165, 1.54) is 4.57 Å². The van der Waals surface area contributed by atoms with E-state index >= 15 is 0 Å². The number of hydrogen-bond donors (Lipinski definition) is 1. The SMILES string of the molecule is CCn1c(=O)c(=O)[nH]c2cc(C(=O)N(CC=Cc3ccccc3)c3ccc4c(c3)OCCO4)ccc21. The second-order valence-corrected chi connectivity index (χ2v) is 8.29. The lowest BCUT2D eigenvalue weighted by Crippen LogP contribution is -2.36. The zero-order chi connectivity index (χ0) is 25.1. The Labute approximate surface area is 207 Å². The molecular weight excluding hydrogens is 458 g/mol. The van der Waals surface area contributed by atoms with Gasteiger partial charge in [0.1, 0.15) is 13.2 Å². The minimum absolute atomic E-state index is 0.263. The number of fused-ring (bicyclic) bond motifs is 2. The fourth-order valence-electron chi connectivity index (χ4n) is 4.25. The van der Waals surface area contributed by atoms with Crippen molar-refractivity contribution in [2.75, 3.05) is 24.7 Å². The predicted molar refractivity (Wildman–Crippen MR) is 139 cm³/mol. The molecule has 3 aromatic carbocycles. The molecule has 1 amide bonds. The number of nitrogens with one attached hydrogen (secondary N) is 1. The normalized spacial score (nSPS) is 12.7. The molecule has 0 saturated carbocycles. The minimum Gasteiger partial charge on any atom is -0.486 e. The number of ether oxygens (including phenoxy) is 2. The molecule has 0 atom stereocenters. The van der Waals surface area contributed by atoms with Gasteiger partial charge in [0.05, 0.1) is 11.0 Å². The third-order valence-electron chi connectivity index (χ3n) is 6.02. The van der Waals surface area contributed by atoms with Gasteiger partial charge in [-0.3, -0.25) is 14.4 Å². The number of benzene rings is 3. The van der Waals surface area contributed by atoms with Crippen molar-refractivity contribution in [3.05, 3.63) is 105 Å². The lowest BCUT2D eigenvalue weighted by molar-refractivity contribution is 0.0989. The van der Waals surface area contributed by atoms with Crippen LogP contribution in [0.5, 0.6) is 11.5 Å². The van der Waals surface area contributed by atoms with Crippen LogP contribution < -0.4 is 25.5 Å². The highest BCUT2D eigenvalue weighted by Crippen LogP contribution is 2.34. The summed E-state index contributed by atoms with van der Waals surface area (Å²) in [6.07, 6.45) is 3.87. The molecule has 0 fully saturated rings. The molecule has 1 aromatic heterocycles. The van der Waals surface area contributed by atoms with E-state index in [4.69, 9.17) is 9.47 Å². The van der Waals surface area contributed by atoms with Crippen molar-refractivity contribution in [3.8, 4) is 11.5 Å². The first-order valence-electron chi connectivity index (χ1n) is 11.7. The molecule has 36 heavy (non-hydrogen) atoms. The molecule has 1 N–H and O–H groups in total. The van der Waals surface area contributed by atoms with Gasteiger partial charge in [-0.2, -0.15) is 0 Å². The molecule has 182 valence electrons. The fourth-order valence-corrected chi connectivity index (χ4v) is 4.25. The van der Waals surface area contributed by atoms with Gasteiger partial charge in [-0.05, 0) is 42.8 Å². The van der Waals surface area contributed by atoms with Gasteiger partial charge in [0, 0.05) is 30.4 Å². The van der Waals surface area contributed by atoms with E-state index in [-0.39, 0.29) is 5.91 Å². The van der Waals surface area contributed by atoms with Gasteiger partial charge in [0.15, 0.2) is 11.5 Å². The lowest BCUT2D eigenvalue weighted by atomic mass is 10.1. The average molecular weight is 484 g/mol. The second-order valence-electron chi connectivity index (χ2n) is 8.29. The summed E-state index contributed by atoms with van der Waals surface area (Å²) in [5, 5.41) is 0. The number of carbonyl (C=O) groups excluding carboxylic acids is 1. The van der Waals surface area contributed by atoms with Crippen LogP contribution in [0.15, 0.2) is 82.4 Å². The summed E-state index contributed by atoms with van der Waals surface area (Å²) in [5.41, 5.74) is 1.70. The van der Waals surface area contributed by atoms with Crippen molar-refractivity contribution in [2.45, 2.75) is 13.5 Å². The number of aromatic nitrogens is 2. The van der Waals surface area contributed by atoms with E-state index in [0.29, 0.717) is 60.1 Å². The van der Waals surface area contributed by atoms with Crippen LogP contribution in [0.25, 0.3) is 17.1 Å². The van der Waals surface area contributed by atoms with Crippen molar-refractivity contribution in [1.82, 2.24) is 9.55 Å². The molecule has 2 heterocycles. The molecule has 0 radical (unpaired) electrons. The number of nitrogens with zero attached hydrogens (tertiary/aromatic N) is 2. The van der Waals surface area contributed by atoms with E-state index in [0.717, 1.165) is 5.56 Å². The Morgan fingerprint density at radius 2 is 1.78 bits per heavy atom. The van der Waals surface area contributed by atoms with E-state index in [1.807, 2.05) is 48.6 Å². The summed E-state index contributed by atoms with van der Waals surface area (Å²) < 4.78 is 12.7. The number of rotatable bonds is 6. The predicted octanol–water partition coefficient (Wildman–Crippen LogP) is 3.84. The molecule has 0 saturated heterocycles. The van der Waals surface area contributed by atoms with Gasteiger partial charge in [-0.25, -0.2) is 0 Å². The Kier molecular flexibility index (Phi) is 6.40. The fraction of sp³-hybridized carbons (Fsp3) is 0.179. The Morgan fingerprint density at radius 3 is 2.56 bits per heavy atom. The van der Waals surface area contributed by atoms with Gasteiger partial charge < -0.3 is 23.9 Å². The lowest BCUT2D eigenvalue weighted by Gasteiger charge is -2.25. The van der Waals surface area contributed by atoms with Gasteiger partial charge in [-0.1, -0.05) is 42.5 Å². The number of hydrogen-bond acceptors (Lipinski definition) is 5. The first-order valence-corrected chi connectivity index (χ1v) is 11.7. The third-order valence-corrected chi connectivity index (χ3v) is 6.02. The minimum atomic E-state index is -0.719. The summed E-state index contributed by atoms with van der Waals surface area (Å²) in [7, 11) is 0. The second kappa shape index (κ2) is 9.95. The van der Waals surface area contributed by atoms with Crippen molar-refractivity contribution < 1.29 is 14.3 Å². The van der Waals surface area contributed by atoms with Gasteiger partial charge in [-0.15, -0.1) is 0 Å². The summed E-state index contributed by atoms with van der Waals surface area (Å²) in [5.74, 6) is 0.956. The maximum Gasteiger partial charge on any atom is 0.316 e. The van der Waals surface area contributed by atoms with Gasteiger partial charge in [0.25, 0.3) is 5.91 Å². The van der Waals surface area contributed by atoms with Crippen LogP contribution in [0.1, 0.15) is 22.8 Å². The topological polar surface area (TPSA) is 93.6 Å². The highest BCUT2D eigenvalue weighted by atomic mass is 16.6. The largest absolute Gasteiger partial charge is 0.486 e. The number of H-pyrrole nitrogens is 1. The first kappa shape index (κ1) is 23.2. The maximum absolute atomic E-state index is 13.8. The van der Waals surface area contributed by atoms with E-state index < -0.39 is 11.1 Å². The Balaban J connectivity index is 1.54. The molecule has 5 rings (SSSR count). The number of amides is 1. The molecule has 8 nitrogen and oxygen atoms in total. The standard InChI is InChI=1S/C28H25N3O5/c1-2-30-23-12-10-20(17-22(23)29-26(32)28(30)34)27(33)31(14-6-9-19-7-4-3-5-8-19)21-11-13-24-25(18-21)36-16-15-35-24/h3-13,17-18H,2,14-16H2,1H3,(H,29,32). The van der Waals surface area contributed by atoms with Crippen molar-refractivity contribution in [3.63, 3.8) is 0 Å². The number of carbonyl (C=O) groups is 1. The molecule has 0 spiro atoms. The van der Waals surface area contributed by atoms with Crippen molar-refractivity contribution in [1.29, 1.82) is 0 Å². The summed E-state index contributed by atoms with van der Waals surface area (Å²) >= 11 is 0. The number of anilines is 1. The average Bonchev–Trinajstić information content (AvgIpc) is 2.91. The Bertz CT molecular complexity index is 1570. The quantitative estimate of drug-likeness (QED) is 0.421.